The van der Waals surface area contributed by atoms with Gasteiger partial charge in [0.05, 0.1) is 6.20 Å². The lowest BCUT2D eigenvalue weighted by molar-refractivity contribution is 0.0702. The largest absolute Gasteiger partial charge is 0.477 e. The number of carboxylic acids is 1. The lowest BCUT2D eigenvalue weighted by Gasteiger charge is -1.99. The highest BCUT2D eigenvalue weighted by Gasteiger charge is 2.11. The molecule has 0 atom stereocenters. The van der Waals surface area contributed by atoms with Crippen LogP contribution in [0.4, 0.5) is 8.78 Å². The third-order valence-electron chi connectivity index (χ3n) is 1.77. The first-order valence-corrected chi connectivity index (χ1v) is 6.06. The van der Waals surface area contributed by atoms with Crippen molar-refractivity contribution in [1.29, 1.82) is 0 Å². The zero-order chi connectivity index (χ0) is 12.4. The predicted octanol–water partition coefficient (Wildman–Crippen LogP) is 3.27. The summed E-state index contributed by atoms with van der Waals surface area (Å²) in [5.41, 5.74) is 0. The van der Waals surface area contributed by atoms with Crippen molar-refractivity contribution in [1.82, 2.24) is 4.98 Å². The SMILES string of the molecule is O=C(O)c1cc(Sc2ncc(F)cc2F)cs1. The molecule has 0 spiro atoms. The Balaban J connectivity index is 2.22. The van der Waals surface area contributed by atoms with Crippen molar-refractivity contribution < 1.29 is 18.7 Å². The van der Waals surface area contributed by atoms with Gasteiger partial charge in [0.2, 0.25) is 0 Å². The molecule has 0 aliphatic heterocycles. The summed E-state index contributed by atoms with van der Waals surface area (Å²) in [6.45, 7) is 0. The molecule has 0 unspecified atom stereocenters. The topological polar surface area (TPSA) is 50.2 Å². The number of hydrogen-bond donors (Lipinski definition) is 1. The number of aromatic carboxylic acids is 1. The van der Waals surface area contributed by atoms with Gasteiger partial charge in [-0.05, 0) is 6.07 Å². The molecular weight excluding hydrogens is 268 g/mol. The molecule has 7 heteroatoms. The van der Waals surface area contributed by atoms with Gasteiger partial charge in [-0.25, -0.2) is 18.6 Å². The van der Waals surface area contributed by atoms with Crippen LogP contribution < -0.4 is 0 Å². The first-order chi connectivity index (χ1) is 8.06. The van der Waals surface area contributed by atoms with E-state index in [2.05, 4.69) is 4.98 Å². The maximum atomic E-state index is 13.3. The van der Waals surface area contributed by atoms with Crippen LogP contribution in [0.2, 0.25) is 0 Å². The van der Waals surface area contributed by atoms with Crippen LogP contribution in [0.3, 0.4) is 0 Å². The third kappa shape index (κ3) is 2.80. The second-order valence-corrected chi connectivity index (χ2v) is 4.97. The van der Waals surface area contributed by atoms with E-state index in [9.17, 15) is 13.6 Å². The Morgan fingerprint density at radius 1 is 1.41 bits per heavy atom. The molecule has 0 aliphatic carbocycles. The van der Waals surface area contributed by atoms with Crippen LogP contribution in [-0.2, 0) is 0 Å². The summed E-state index contributed by atoms with van der Waals surface area (Å²) in [6.07, 6.45) is 0.913. The van der Waals surface area contributed by atoms with Crippen LogP contribution >= 0.6 is 23.1 Å². The average molecular weight is 273 g/mol. The summed E-state index contributed by atoms with van der Waals surface area (Å²) in [5.74, 6) is -2.55. The minimum atomic E-state index is -1.03. The molecular formula is C10H5F2NO2S2. The smallest absolute Gasteiger partial charge is 0.345 e. The van der Waals surface area contributed by atoms with E-state index in [0.29, 0.717) is 4.90 Å². The van der Waals surface area contributed by atoms with Crippen molar-refractivity contribution in [2.75, 3.05) is 0 Å². The van der Waals surface area contributed by atoms with Gasteiger partial charge in [0.1, 0.15) is 15.7 Å². The molecule has 0 saturated heterocycles. The molecule has 0 radical (unpaired) electrons. The predicted molar refractivity (Wildman–Crippen MR) is 59.6 cm³/mol. The summed E-state index contributed by atoms with van der Waals surface area (Å²) in [7, 11) is 0. The second-order valence-electron chi connectivity index (χ2n) is 2.99. The molecule has 1 N–H and O–H groups in total. The Kier molecular flexibility index (Phi) is 3.39. The maximum Gasteiger partial charge on any atom is 0.345 e. The second kappa shape index (κ2) is 4.80. The van der Waals surface area contributed by atoms with Crippen LogP contribution in [0.25, 0.3) is 0 Å². The summed E-state index contributed by atoms with van der Waals surface area (Å²) < 4.78 is 25.9. The molecule has 3 nitrogen and oxygen atoms in total. The number of thiophene rings is 1. The number of halogens is 2. The molecule has 2 aromatic heterocycles. The summed E-state index contributed by atoms with van der Waals surface area (Å²) >= 11 is 2.00. The van der Waals surface area contributed by atoms with E-state index in [4.69, 9.17) is 5.11 Å². The Bertz CT molecular complexity index is 571. The number of aromatic nitrogens is 1. The van der Waals surface area contributed by atoms with Gasteiger partial charge in [-0.2, -0.15) is 0 Å². The Morgan fingerprint density at radius 3 is 2.76 bits per heavy atom. The molecule has 2 rings (SSSR count). The summed E-state index contributed by atoms with van der Waals surface area (Å²) in [6, 6.07) is 2.15. The fraction of sp³-hybridized carbons (Fsp3) is 0. The van der Waals surface area contributed by atoms with Crippen LogP contribution in [-0.4, -0.2) is 16.1 Å². The standard InChI is InChI=1S/C10H5F2NO2S2/c11-5-1-7(12)9(13-3-5)17-6-2-8(10(14)15)16-4-6/h1-4H,(H,14,15). The highest BCUT2D eigenvalue weighted by atomic mass is 32.2. The number of pyridine rings is 1. The van der Waals surface area contributed by atoms with Crippen LogP contribution in [0.1, 0.15) is 9.67 Å². The lowest BCUT2D eigenvalue weighted by atomic mass is 10.5. The van der Waals surface area contributed by atoms with Crippen molar-refractivity contribution in [3.63, 3.8) is 0 Å². The van der Waals surface area contributed by atoms with E-state index >= 15 is 0 Å². The van der Waals surface area contributed by atoms with Crippen molar-refractivity contribution >= 4 is 29.1 Å². The first-order valence-electron chi connectivity index (χ1n) is 4.37. The van der Waals surface area contributed by atoms with E-state index < -0.39 is 17.6 Å². The minimum Gasteiger partial charge on any atom is -0.477 e. The van der Waals surface area contributed by atoms with Crippen molar-refractivity contribution in [3.05, 3.63) is 40.2 Å². The van der Waals surface area contributed by atoms with Gasteiger partial charge >= 0.3 is 5.97 Å². The molecule has 0 aromatic carbocycles. The monoisotopic (exact) mass is 273 g/mol. The number of hydrogen-bond acceptors (Lipinski definition) is 4. The molecule has 0 saturated carbocycles. The third-order valence-corrected chi connectivity index (χ3v) is 3.81. The molecule has 88 valence electrons. The highest BCUT2D eigenvalue weighted by molar-refractivity contribution is 7.99. The molecule has 0 amide bonds. The molecule has 0 bridgehead atoms. The van der Waals surface area contributed by atoms with Crippen LogP contribution in [0, 0.1) is 11.6 Å². The van der Waals surface area contributed by atoms with E-state index in [0.717, 1.165) is 35.4 Å². The highest BCUT2D eigenvalue weighted by Crippen LogP contribution is 2.31. The number of nitrogens with zero attached hydrogens (tertiary/aromatic N) is 1. The Hall–Kier alpha value is -1.47. The fourth-order valence-corrected chi connectivity index (χ4v) is 2.75. The Labute approximate surface area is 103 Å². The van der Waals surface area contributed by atoms with Gasteiger partial charge in [-0.1, -0.05) is 11.8 Å². The molecule has 0 aliphatic rings. The van der Waals surface area contributed by atoms with Crippen molar-refractivity contribution in [2.24, 2.45) is 0 Å². The van der Waals surface area contributed by atoms with Gasteiger partial charge in [0.15, 0.2) is 5.82 Å². The van der Waals surface area contributed by atoms with Gasteiger partial charge < -0.3 is 5.11 Å². The van der Waals surface area contributed by atoms with E-state index in [-0.39, 0.29) is 9.90 Å². The van der Waals surface area contributed by atoms with Crippen molar-refractivity contribution in [2.45, 2.75) is 9.92 Å². The molecule has 2 aromatic rings. The fourth-order valence-electron chi connectivity index (χ4n) is 1.07. The number of rotatable bonds is 3. The number of carbonyl (C=O) groups is 1. The zero-order valence-corrected chi connectivity index (χ0v) is 9.82. The van der Waals surface area contributed by atoms with Gasteiger partial charge in [0.25, 0.3) is 0 Å². The molecule has 2 heterocycles. The van der Waals surface area contributed by atoms with E-state index in [1.165, 1.54) is 6.07 Å². The molecule has 17 heavy (non-hydrogen) atoms. The van der Waals surface area contributed by atoms with Gasteiger partial charge in [0, 0.05) is 16.3 Å². The van der Waals surface area contributed by atoms with E-state index in [1.807, 2.05) is 0 Å². The van der Waals surface area contributed by atoms with Crippen LogP contribution in [0.5, 0.6) is 0 Å². The van der Waals surface area contributed by atoms with Gasteiger partial charge in [-0.3, -0.25) is 0 Å². The zero-order valence-electron chi connectivity index (χ0n) is 8.18. The summed E-state index contributed by atoms with van der Waals surface area (Å²) in [4.78, 5) is 15.0. The maximum absolute atomic E-state index is 13.3. The minimum absolute atomic E-state index is 0.0149. The average Bonchev–Trinajstić information content (AvgIpc) is 2.71. The van der Waals surface area contributed by atoms with Crippen molar-refractivity contribution in [3.8, 4) is 0 Å². The normalized spacial score (nSPS) is 10.5. The van der Waals surface area contributed by atoms with Gasteiger partial charge in [-0.15, -0.1) is 11.3 Å². The number of carboxylic acid groups (broad SMARTS) is 1. The lowest BCUT2D eigenvalue weighted by Crippen LogP contribution is -1.90. The van der Waals surface area contributed by atoms with Crippen LogP contribution in [0.15, 0.2) is 33.6 Å². The van der Waals surface area contributed by atoms with E-state index in [1.54, 1.807) is 5.38 Å². The molecule has 0 fully saturated rings. The quantitative estimate of drug-likeness (QED) is 0.932. The Morgan fingerprint density at radius 2 is 2.18 bits per heavy atom. The summed E-state index contributed by atoms with van der Waals surface area (Å²) in [5, 5.41) is 10.3. The first kappa shape index (κ1) is 12.0.